The third kappa shape index (κ3) is 2.04. The van der Waals surface area contributed by atoms with Crippen LogP contribution in [0.5, 0.6) is 0 Å². The molecular weight excluding hydrogens is 205 g/mol. The number of rotatable bonds is 2. The van der Waals surface area contributed by atoms with E-state index in [2.05, 4.69) is 0 Å². The van der Waals surface area contributed by atoms with Gasteiger partial charge in [0.25, 0.3) is 0 Å². The average molecular weight is 217 g/mol. The Labute approximate surface area is 93.2 Å². The molecule has 2 rings (SSSR count). The molecule has 2 nitrogen and oxygen atoms in total. The van der Waals surface area contributed by atoms with Crippen molar-refractivity contribution in [3.05, 3.63) is 65.5 Å². The summed E-state index contributed by atoms with van der Waals surface area (Å²) in [7, 11) is 0. The van der Waals surface area contributed by atoms with Gasteiger partial charge in [0, 0.05) is 11.3 Å². The molecule has 82 valence electrons. The molecule has 0 fully saturated rings. The van der Waals surface area contributed by atoms with Crippen molar-refractivity contribution >= 4 is 5.69 Å². The van der Waals surface area contributed by atoms with Gasteiger partial charge in [0.05, 0.1) is 0 Å². The van der Waals surface area contributed by atoms with Crippen molar-refractivity contribution in [3.63, 3.8) is 0 Å². The molecule has 0 aliphatic heterocycles. The number of aliphatic hydroxyl groups excluding tert-OH is 1. The molecule has 2 aromatic carbocycles. The fraction of sp³-hybridized carbons (Fsp3) is 0.0769. The van der Waals surface area contributed by atoms with Crippen LogP contribution in [0, 0.1) is 5.82 Å². The molecule has 2 aromatic rings. The van der Waals surface area contributed by atoms with Crippen LogP contribution in [0.2, 0.25) is 0 Å². The van der Waals surface area contributed by atoms with Gasteiger partial charge in [-0.15, -0.1) is 0 Å². The molecule has 0 amide bonds. The summed E-state index contributed by atoms with van der Waals surface area (Å²) in [6.45, 7) is 0. The van der Waals surface area contributed by atoms with Gasteiger partial charge in [0.2, 0.25) is 0 Å². The van der Waals surface area contributed by atoms with Crippen molar-refractivity contribution in [2.24, 2.45) is 0 Å². The minimum absolute atomic E-state index is 0.387. The molecule has 3 heteroatoms. The molecule has 16 heavy (non-hydrogen) atoms. The second-order valence-corrected chi connectivity index (χ2v) is 3.59. The van der Waals surface area contributed by atoms with Crippen molar-refractivity contribution in [2.75, 3.05) is 5.73 Å². The second-order valence-electron chi connectivity index (χ2n) is 3.59. The smallest absolute Gasteiger partial charge is 0.123 e. The van der Waals surface area contributed by atoms with Crippen molar-refractivity contribution in [3.8, 4) is 0 Å². The number of anilines is 1. The Morgan fingerprint density at radius 3 is 2.44 bits per heavy atom. The summed E-state index contributed by atoms with van der Waals surface area (Å²) >= 11 is 0. The zero-order valence-electron chi connectivity index (χ0n) is 8.60. The Morgan fingerprint density at radius 2 is 1.75 bits per heavy atom. The predicted molar refractivity (Wildman–Crippen MR) is 61.3 cm³/mol. The summed E-state index contributed by atoms with van der Waals surface area (Å²) in [6.07, 6.45) is -0.892. The maximum absolute atomic E-state index is 13.1. The Balaban J connectivity index is 2.41. The number of benzene rings is 2. The minimum atomic E-state index is -0.892. The van der Waals surface area contributed by atoms with Gasteiger partial charge in [-0.2, -0.15) is 0 Å². The summed E-state index contributed by atoms with van der Waals surface area (Å²) in [4.78, 5) is 0. The molecule has 0 radical (unpaired) electrons. The van der Waals surface area contributed by atoms with Gasteiger partial charge in [0.15, 0.2) is 0 Å². The molecule has 0 heterocycles. The van der Waals surface area contributed by atoms with Gasteiger partial charge >= 0.3 is 0 Å². The monoisotopic (exact) mass is 217 g/mol. The van der Waals surface area contributed by atoms with Crippen LogP contribution in [0.3, 0.4) is 0 Å². The molecule has 0 bridgehead atoms. The first-order valence-electron chi connectivity index (χ1n) is 4.96. The van der Waals surface area contributed by atoms with Crippen molar-refractivity contribution < 1.29 is 9.50 Å². The number of aliphatic hydroxyl groups is 1. The molecule has 3 N–H and O–H groups in total. The van der Waals surface area contributed by atoms with Crippen LogP contribution in [0.25, 0.3) is 0 Å². The lowest BCUT2D eigenvalue weighted by Crippen LogP contribution is -2.04. The molecule has 0 spiro atoms. The van der Waals surface area contributed by atoms with Crippen molar-refractivity contribution in [2.45, 2.75) is 6.10 Å². The molecule has 1 atom stereocenters. The molecule has 0 saturated heterocycles. The van der Waals surface area contributed by atoms with E-state index in [1.54, 1.807) is 12.1 Å². The largest absolute Gasteiger partial charge is 0.398 e. The van der Waals surface area contributed by atoms with E-state index in [1.165, 1.54) is 18.2 Å². The van der Waals surface area contributed by atoms with Gasteiger partial charge in [-0.25, -0.2) is 4.39 Å². The number of hydrogen-bond donors (Lipinski definition) is 2. The topological polar surface area (TPSA) is 46.2 Å². The fourth-order valence-corrected chi connectivity index (χ4v) is 1.60. The summed E-state index contributed by atoms with van der Waals surface area (Å²) in [5.41, 5.74) is 7.18. The first kappa shape index (κ1) is 10.6. The Hall–Kier alpha value is -1.87. The van der Waals surface area contributed by atoms with Gasteiger partial charge < -0.3 is 10.8 Å². The van der Waals surface area contributed by atoms with Crippen LogP contribution in [0.4, 0.5) is 10.1 Å². The summed E-state index contributed by atoms with van der Waals surface area (Å²) in [5, 5.41) is 10.1. The number of hydrogen-bond acceptors (Lipinski definition) is 2. The van der Waals surface area contributed by atoms with Crippen LogP contribution in [0.15, 0.2) is 48.5 Å². The molecular formula is C13H12FNO. The van der Waals surface area contributed by atoms with E-state index in [0.717, 1.165) is 0 Å². The predicted octanol–water partition coefficient (Wildman–Crippen LogP) is 2.49. The average Bonchev–Trinajstić information content (AvgIpc) is 2.32. The first-order valence-corrected chi connectivity index (χ1v) is 4.96. The van der Waals surface area contributed by atoms with E-state index in [4.69, 9.17) is 5.73 Å². The van der Waals surface area contributed by atoms with E-state index < -0.39 is 11.9 Å². The molecule has 1 unspecified atom stereocenters. The molecule has 0 aliphatic rings. The third-order valence-corrected chi connectivity index (χ3v) is 2.46. The van der Waals surface area contributed by atoms with E-state index in [1.807, 2.05) is 18.2 Å². The lowest BCUT2D eigenvalue weighted by molar-refractivity contribution is 0.220. The normalized spacial score (nSPS) is 12.4. The quantitative estimate of drug-likeness (QED) is 0.759. The summed E-state index contributed by atoms with van der Waals surface area (Å²) in [5.74, 6) is -0.404. The van der Waals surface area contributed by atoms with Crippen molar-refractivity contribution in [1.29, 1.82) is 0 Å². The molecule has 0 aliphatic carbocycles. The zero-order chi connectivity index (χ0) is 11.5. The Morgan fingerprint density at radius 1 is 1.06 bits per heavy atom. The highest BCUT2D eigenvalue weighted by Gasteiger charge is 2.13. The highest BCUT2D eigenvalue weighted by Crippen LogP contribution is 2.26. The maximum atomic E-state index is 13.1. The fourth-order valence-electron chi connectivity index (χ4n) is 1.60. The van der Waals surface area contributed by atoms with Gasteiger partial charge in [-0.1, -0.05) is 30.3 Å². The Kier molecular flexibility index (Phi) is 2.88. The summed E-state index contributed by atoms with van der Waals surface area (Å²) < 4.78 is 13.1. The maximum Gasteiger partial charge on any atom is 0.123 e. The van der Waals surface area contributed by atoms with Crippen LogP contribution < -0.4 is 5.73 Å². The van der Waals surface area contributed by atoms with Crippen LogP contribution in [0.1, 0.15) is 17.2 Å². The lowest BCUT2D eigenvalue weighted by Gasteiger charge is -2.13. The van der Waals surface area contributed by atoms with Crippen LogP contribution in [-0.2, 0) is 0 Å². The van der Waals surface area contributed by atoms with Gasteiger partial charge in [0.1, 0.15) is 11.9 Å². The standard InChI is InChI=1S/C13H12FNO/c14-10-6-7-12(15)11(8-10)13(16)9-4-2-1-3-5-9/h1-8,13,16H,15H2. The zero-order valence-corrected chi connectivity index (χ0v) is 8.60. The van der Waals surface area contributed by atoms with Crippen molar-refractivity contribution in [1.82, 2.24) is 0 Å². The summed E-state index contributed by atoms with van der Waals surface area (Å²) in [6, 6.07) is 13.0. The van der Waals surface area contributed by atoms with Crippen LogP contribution in [-0.4, -0.2) is 5.11 Å². The second kappa shape index (κ2) is 4.33. The van der Waals surface area contributed by atoms with E-state index in [9.17, 15) is 9.50 Å². The highest BCUT2D eigenvalue weighted by atomic mass is 19.1. The first-order chi connectivity index (χ1) is 7.68. The van der Waals surface area contributed by atoms with E-state index >= 15 is 0 Å². The number of halogens is 1. The lowest BCUT2D eigenvalue weighted by atomic mass is 10.00. The highest BCUT2D eigenvalue weighted by molar-refractivity contribution is 5.50. The minimum Gasteiger partial charge on any atom is -0.398 e. The van der Waals surface area contributed by atoms with E-state index in [-0.39, 0.29) is 0 Å². The van der Waals surface area contributed by atoms with Gasteiger partial charge in [-0.3, -0.25) is 0 Å². The van der Waals surface area contributed by atoms with Crippen LogP contribution >= 0.6 is 0 Å². The van der Waals surface area contributed by atoms with E-state index in [0.29, 0.717) is 16.8 Å². The Bertz CT molecular complexity index is 485. The third-order valence-electron chi connectivity index (χ3n) is 2.46. The number of nitrogen functional groups attached to an aromatic ring is 1. The number of nitrogens with two attached hydrogens (primary N) is 1. The molecule has 0 aromatic heterocycles. The molecule has 0 saturated carbocycles. The SMILES string of the molecule is Nc1ccc(F)cc1C(O)c1ccccc1. The van der Waals surface area contributed by atoms with Gasteiger partial charge in [-0.05, 0) is 23.8 Å².